The van der Waals surface area contributed by atoms with Gasteiger partial charge in [-0.1, -0.05) is 38.3 Å². The van der Waals surface area contributed by atoms with E-state index in [0.717, 1.165) is 25.1 Å². The molecule has 0 aromatic heterocycles. The van der Waals surface area contributed by atoms with E-state index in [0.29, 0.717) is 18.9 Å². The van der Waals surface area contributed by atoms with E-state index >= 15 is 0 Å². The van der Waals surface area contributed by atoms with Gasteiger partial charge in [-0.2, -0.15) is 0 Å². The van der Waals surface area contributed by atoms with Crippen molar-refractivity contribution in [1.29, 1.82) is 0 Å². The number of nitrogens with zero attached hydrogens (tertiary/aromatic N) is 1. The second-order valence-electron chi connectivity index (χ2n) is 6.14. The minimum absolute atomic E-state index is 0.292. The standard InChI is InChI=1S/C19H31FN4O/c1-3-5-6-7-12-23-19(22-4-2)24-14-16(18(21)25)13-15-8-10-17(20)11-9-15/h8-11,16H,3-7,12-14H2,1-2H3,(H2,21,25)(H2,22,23,24). The first kappa shape index (κ1) is 20.9. The van der Waals surface area contributed by atoms with Crippen molar-refractivity contribution < 1.29 is 9.18 Å². The molecule has 0 radical (unpaired) electrons. The van der Waals surface area contributed by atoms with Crippen LogP contribution in [0.4, 0.5) is 4.39 Å². The van der Waals surface area contributed by atoms with Crippen LogP contribution in [-0.4, -0.2) is 31.5 Å². The number of hydrogen-bond acceptors (Lipinski definition) is 2. The number of benzene rings is 1. The number of nitrogens with two attached hydrogens (primary N) is 1. The van der Waals surface area contributed by atoms with Crippen LogP contribution in [-0.2, 0) is 11.2 Å². The van der Waals surface area contributed by atoms with Crippen LogP contribution < -0.4 is 16.4 Å². The largest absolute Gasteiger partial charge is 0.369 e. The number of carbonyl (C=O) groups excluding carboxylic acids is 1. The predicted molar refractivity (Wildman–Crippen MR) is 101 cm³/mol. The smallest absolute Gasteiger partial charge is 0.222 e. The zero-order valence-electron chi connectivity index (χ0n) is 15.4. The molecule has 0 spiro atoms. The molecule has 1 unspecified atom stereocenters. The second kappa shape index (κ2) is 12.3. The van der Waals surface area contributed by atoms with Crippen molar-refractivity contribution in [3.05, 3.63) is 35.6 Å². The molecule has 140 valence electrons. The third-order valence-electron chi connectivity index (χ3n) is 3.93. The normalized spacial score (nSPS) is 12.7. The van der Waals surface area contributed by atoms with Crippen molar-refractivity contribution >= 4 is 11.9 Å². The monoisotopic (exact) mass is 350 g/mol. The molecule has 1 aromatic rings. The Labute approximate surface area is 150 Å². The van der Waals surface area contributed by atoms with E-state index in [1.165, 1.54) is 31.4 Å². The summed E-state index contributed by atoms with van der Waals surface area (Å²) < 4.78 is 13.0. The first-order valence-electron chi connectivity index (χ1n) is 9.12. The lowest BCUT2D eigenvalue weighted by Crippen LogP contribution is -2.39. The van der Waals surface area contributed by atoms with Crippen molar-refractivity contribution in [3.63, 3.8) is 0 Å². The number of carbonyl (C=O) groups is 1. The van der Waals surface area contributed by atoms with E-state index in [-0.39, 0.29) is 5.82 Å². The van der Waals surface area contributed by atoms with Gasteiger partial charge in [-0.05, 0) is 37.5 Å². The molecule has 0 saturated heterocycles. The summed E-state index contributed by atoms with van der Waals surface area (Å²) in [6.45, 7) is 6.09. The first-order chi connectivity index (χ1) is 12.1. The Bertz CT molecular complexity index is 531. The molecule has 1 rings (SSSR count). The maximum absolute atomic E-state index is 13.0. The molecule has 1 aromatic carbocycles. The number of halogens is 1. The predicted octanol–water partition coefficient (Wildman–Crippen LogP) is 2.61. The summed E-state index contributed by atoms with van der Waals surface area (Å²) in [6.07, 6.45) is 5.17. The average molecular weight is 350 g/mol. The molecule has 0 heterocycles. The molecule has 0 bridgehead atoms. The molecule has 1 amide bonds. The van der Waals surface area contributed by atoms with Gasteiger partial charge in [-0.25, -0.2) is 4.39 Å². The van der Waals surface area contributed by atoms with Crippen molar-refractivity contribution in [2.75, 3.05) is 19.6 Å². The van der Waals surface area contributed by atoms with Gasteiger partial charge in [-0.3, -0.25) is 9.79 Å². The lowest BCUT2D eigenvalue weighted by atomic mass is 9.99. The number of primary amides is 1. The number of rotatable bonds is 11. The van der Waals surface area contributed by atoms with E-state index in [4.69, 9.17) is 5.73 Å². The van der Waals surface area contributed by atoms with Gasteiger partial charge < -0.3 is 16.4 Å². The van der Waals surface area contributed by atoms with E-state index in [1.807, 2.05) is 6.92 Å². The van der Waals surface area contributed by atoms with Gasteiger partial charge in [0.2, 0.25) is 5.91 Å². The van der Waals surface area contributed by atoms with Gasteiger partial charge in [-0.15, -0.1) is 0 Å². The van der Waals surface area contributed by atoms with Crippen LogP contribution in [0.5, 0.6) is 0 Å². The van der Waals surface area contributed by atoms with Crippen LogP contribution in [0.1, 0.15) is 45.1 Å². The Balaban J connectivity index is 2.58. The highest BCUT2D eigenvalue weighted by molar-refractivity contribution is 5.81. The van der Waals surface area contributed by atoms with Gasteiger partial charge in [0.1, 0.15) is 5.82 Å². The number of unbranched alkanes of at least 4 members (excludes halogenated alkanes) is 3. The fourth-order valence-corrected chi connectivity index (χ4v) is 2.46. The second-order valence-corrected chi connectivity index (χ2v) is 6.14. The molecule has 0 saturated carbocycles. The summed E-state index contributed by atoms with van der Waals surface area (Å²) in [7, 11) is 0. The summed E-state index contributed by atoms with van der Waals surface area (Å²) in [5.41, 5.74) is 6.38. The van der Waals surface area contributed by atoms with Gasteiger partial charge in [0.15, 0.2) is 5.96 Å². The maximum Gasteiger partial charge on any atom is 0.222 e. The molecular formula is C19H31FN4O. The van der Waals surface area contributed by atoms with Crippen molar-refractivity contribution in [1.82, 2.24) is 10.6 Å². The minimum Gasteiger partial charge on any atom is -0.369 e. The fraction of sp³-hybridized carbons (Fsp3) is 0.579. The zero-order chi connectivity index (χ0) is 18.5. The van der Waals surface area contributed by atoms with Gasteiger partial charge >= 0.3 is 0 Å². The molecule has 25 heavy (non-hydrogen) atoms. The van der Waals surface area contributed by atoms with Crippen LogP contribution in [0, 0.1) is 11.7 Å². The first-order valence-corrected chi connectivity index (χ1v) is 9.12. The van der Waals surface area contributed by atoms with Crippen molar-refractivity contribution in [3.8, 4) is 0 Å². The highest BCUT2D eigenvalue weighted by Crippen LogP contribution is 2.10. The third-order valence-corrected chi connectivity index (χ3v) is 3.93. The highest BCUT2D eigenvalue weighted by atomic mass is 19.1. The minimum atomic E-state index is -0.416. The summed E-state index contributed by atoms with van der Waals surface area (Å²) >= 11 is 0. The number of aliphatic imine (C=N–C) groups is 1. The molecular weight excluding hydrogens is 319 g/mol. The number of hydrogen-bond donors (Lipinski definition) is 3. The van der Waals surface area contributed by atoms with E-state index in [9.17, 15) is 9.18 Å². The van der Waals surface area contributed by atoms with E-state index < -0.39 is 11.8 Å². The molecule has 1 atom stereocenters. The quantitative estimate of drug-likeness (QED) is 0.326. The summed E-state index contributed by atoms with van der Waals surface area (Å²) in [5.74, 6) is -0.406. The molecule has 0 fully saturated rings. The SMILES string of the molecule is CCCCCCNC(=NCC(Cc1ccc(F)cc1)C(N)=O)NCC. The average Bonchev–Trinajstić information content (AvgIpc) is 2.59. The Morgan fingerprint density at radius 2 is 1.88 bits per heavy atom. The fourth-order valence-electron chi connectivity index (χ4n) is 2.46. The van der Waals surface area contributed by atoms with Gasteiger partial charge in [0, 0.05) is 13.1 Å². The zero-order valence-corrected chi connectivity index (χ0v) is 15.4. The molecule has 6 heteroatoms. The summed E-state index contributed by atoms with van der Waals surface area (Å²) in [6, 6.07) is 6.12. The molecule has 0 aliphatic heterocycles. The number of amides is 1. The van der Waals surface area contributed by atoms with E-state index in [1.54, 1.807) is 12.1 Å². The van der Waals surface area contributed by atoms with Crippen LogP contribution in [0.15, 0.2) is 29.3 Å². The Kier molecular flexibility index (Phi) is 10.3. The summed E-state index contributed by atoms with van der Waals surface area (Å²) in [5, 5.41) is 6.46. The van der Waals surface area contributed by atoms with Crippen LogP contribution in [0.25, 0.3) is 0 Å². The van der Waals surface area contributed by atoms with Crippen LogP contribution >= 0.6 is 0 Å². The third kappa shape index (κ3) is 9.08. The van der Waals surface area contributed by atoms with Crippen LogP contribution in [0.2, 0.25) is 0 Å². The van der Waals surface area contributed by atoms with Crippen molar-refractivity contribution in [2.45, 2.75) is 46.0 Å². The lowest BCUT2D eigenvalue weighted by Gasteiger charge is -2.14. The Hall–Kier alpha value is -2.11. The Morgan fingerprint density at radius 3 is 2.48 bits per heavy atom. The van der Waals surface area contributed by atoms with E-state index in [2.05, 4.69) is 22.5 Å². The molecule has 4 N–H and O–H groups in total. The number of guanidine groups is 1. The maximum atomic E-state index is 13.0. The Morgan fingerprint density at radius 1 is 1.16 bits per heavy atom. The number of nitrogens with one attached hydrogen (secondary N) is 2. The molecule has 0 aliphatic carbocycles. The molecule has 0 aliphatic rings. The van der Waals surface area contributed by atoms with Gasteiger partial charge in [0.05, 0.1) is 12.5 Å². The summed E-state index contributed by atoms with van der Waals surface area (Å²) in [4.78, 5) is 16.2. The topological polar surface area (TPSA) is 79.5 Å². The van der Waals surface area contributed by atoms with Gasteiger partial charge in [0.25, 0.3) is 0 Å². The highest BCUT2D eigenvalue weighted by Gasteiger charge is 2.16. The van der Waals surface area contributed by atoms with Crippen LogP contribution in [0.3, 0.4) is 0 Å². The van der Waals surface area contributed by atoms with Crippen molar-refractivity contribution in [2.24, 2.45) is 16.6 Å². The molecule has 5 nitrogen and oxygen atoms in total. The lowest BCUT2D eigenvalue weighted by molar-refractivity contribution is -0.121.